The van der Waals surface area contributed by atoms with E-state index < -0.39 is 97.5 Å². The lowest BCUT2D eigenvalue weighted by Gasteiger charge is -2.21. The van der Waals surface area contributed by atoms with Gasteiger partial charge in [0.1, 0.15) is 19.3 Å². The first kappa shape index (κ1) is 91.1. The highest BCUT2D eigenvalue weighted by atomic mass is 31.2. The molecule has 0 radical (unpaired) electrons. The van der Waals surface area contributed by atoms with E-state index >= 15 is 0 Å². The number of ether oxygens (including phenoxy) is 4. The molecule has 0 fully saturated rings. The number of phosphoric ester groups is 2. The Morgan fingerprint density at radius 2 is 0.495 bits per heavy atom. The molecule has 0 aliphatic heterocycles. The number of aliphatic hydroxyl groups excluding tert-OH is 1. The van der Waals surface area contributed by atoms with Gasteiger partial charge in [0.05, 0.1) is 26.4 Å². The number of hydrogen-bond donors (Lipinski definition) is 3. The van der Waals surface area contributed by atoms with Crippen LogP contribution in [0.2, 0.25) is 0 Å². The zero-order chi connectivity index (χ0) is 68.6. The molecular weight excluding hydrogens is 1220 g/mol. The van der Waals surface area contributed by atoms with Crippen LogP contribution in [0.1, 0.15) is 382 Å². The van der Waals surface area contributed by atoms with Crippen LogP contribution in [0.5, 0.6) is 0 Å². The van der Waals surface area contributed by atoms with Gasteiger partial charge in [-0.3, -0.25) is 37.3 Å². The summed E-state index contributed by atoms with van der Waals surface area (Å²) in [5.74, 6) is -0.690. The second kappa shape index (κ2) is 66.0. The molecule has 5 atom stereocenters. The van der Waals surface area contributed by atoms with Gasteiger partial charge in [-0.15, -0.1) is 0 Å². The number of carbonyl (C=O) groups is 4. The van der Waals surface area contributed by atoms with E-state index in [2.05, 4.69) is 41.5 Å². The molecule has 19 heteroatoms. The highest BCUT2D eigenvalue weighted by Crippen LogP contribution is 2.45. The molecule has 0 spiro atoms. The smallest absolute Gasteiger partial charge is 0.462 e. The Morgan fingerprint density at radius 3 is 0.731 bits per heavy atom. The van der Waals surface area contributed by atoms with Crippen LogP contribution in [0.4, 0.5) is 0 Å². The van der Waals surface area contributed by atoms with Crippen molar-refractivity contribution in [3.63, 3.8) is 0 Å². The predicted molar refractivity (Wildman–Crippen MR) is 377 cm³/mol. The lowest BCUT2D eigenvalue weighted by molar-refractivity contribution is -0.161. The first-order valence-corrected chi connectivity index (χ1v) is 41.5. The Balaban J connectivity index is 5.17. The standard InChI is InChI=1S/C74H144O17P2/c1-7-9-11-13-15-17-19-20-21-22-23-24-25-26-27-28-30-32-40-47-53-59-74(79)90-69(62-84-71(76)56-50-44-38-34-33-36-42-48-54-66(3)4)64-88-92(80,81)86-60-68(75)61-87-93(82,83)89-65-70(63-85-72(77)57-51-45-41-35-37-43-49-55-67(5)6)91-73(78)58-52-46-39-31-29-18-16-14-12-10-8-2/h66-70,75H,7-65H2,1-6H3,(H,80,81)(H,82,83)/t68-,69-,70-/m1/s1. The summed E-state index contributed by atoms with van der Waals surface area (Å²) in [6.45, 7) is 9.48. The minimum atomic E-state index is -4.95. The van der Waals surface area contributed by atoms with Crippen molar-refractivity contribution < 1.29 is 80.2 Å². The summed E-state index contributed by atoms with van der Waals surface area (Å²) >= 11 is 0. The van der Waals surface area contributed by atoms with Crippen LogP contribution in [-0.2, 0) is 65.4 Å². The third kappa shape index (κ3) is 68.4. The van der Waals surface area contributed by atoms with E-state index in [9.17, 15) is 43.2 Å². The average molecular weight is 1370 g/mol. The van der Waals surface area contributed by atoms with Crippen LogP contribution in [-0.4, -0.2) is 96.7 Å². The molecule has 0 rings (SSSR count). The van der Waals surface area contributed by atoms with E-state index in [4.69, 9.17) is 37.0 Å². The van der Waals surface area contributed by atoms with Crippen molar-refractivity contribution in [1.82, 2.24) is 0 Å². The molecule has 0 amide bonds. The van der Waals surface area contributed by atoms with E-state index in [1.54, 1.807) is 0 Å². The zero-order valence-corrected chi connectivity index (χ0v) is 62.3. The number of carbonyl (C=O) groups excluding carboxylic acids is 4. The molecule has 0 aliphatic rings. The van der Waals surface area contributed by atoms with Gasteiger partial charge in [0.25, 0.3) is 0 Å². The summed E-state index contributed by atoms with van der Waals surface area (Å²) in [5.41, 5.74) is 0. The Morgan fingerprint density at radius 1 is 0.290 bits per heavy atom. The number of hydrogen-bond acceptors (Lipinski definition) is 15. The van der Waals surface area contributed by atoms with Gasteiger partial charge in [0.15, 0.2) is 12.2 Å². The maximum atomic E-state index is 13.1. The maximum Gasteiger partial charge on any atom is 0.472 e. The maximum absolute atomic E-state index is 13.1. The van der Waals surface area contributed by atoms with E-state index in [1.165, 1.54) is 193 Å². The van der Waals surface area contributed by atoms with Crippen molar-refractivity contribution in [1.29, 1.82) is 0 Å². The molecular formula is C74H144O17P2. The van der Waals surface area contributed by atoms with Crippen molar-refractivity contribution in [2.75, 3.05) is 39.6 Å². The third-order valence-corrected chi connectivity index (χ3v) is 19.1. The van der Waals surface area contributed by atoms with Gasteiger partial charge < -0.3 is 33.8 Å². The van der Waals surface area contributed by atoms with Gasteiger partial charge in [-0.2, -0.15) is 0 Å². The minimum absolute atomic E-state index is 0.106. The summed E-state index contributed by atoms with van der Waals surface area (Å²) in [7, 11) is -9.90. The fraction of sp³-hybridized carbons (Fsp3) is 0.946. The second-order valence-electron chi connectivity index (χ2n) is 27.6. The van der Waals surface area contributed by atoms with Gasteiger partial charge in [-0.1, -0.05) is 330 Å². The number of rotatable bonds is 73. The highest BCUT2D eigenvalue weighted by Gasteiger charge is 2.30. The van der Waals surface area contributed by atoms with Crippen LogP contribution in [0, 0.1) is 11.8 Å². The minimum Gasteiger partial charge on any atom is -0.462 e. The van der Waals surface area contributed by atoms with Gasteiger partial charge in [-0.25, -0.2) is 9.13 Å². The number of esters is 4. The molecule has 0 saturated heterocycles. The Labute approximate surface area is 568 Å². The van der Waals surface area contributed by atoms with Crippen LogP contribution < -0.4 is 0 Å². The molecule has 0 heterocycles. The van der Waals surface area contributed by atoms with Crippen molar-refractivity contribution in [3.8, 4) is 0 Å². The third-order valence-electron chi connectivity index (χ3n) is 17.2. The Kier molecular flexibility index (Phi) is 64.6. The normalized spacial score (nSPS) is 14.1. The average Bonchev–Trinajstić information content (AvgIpc) is 3.12. The first-order chi connectivity index (χ1) is 44.9. The fourth-order valence-electron chi connectivity index (χ4n) is 11.3. The number of phosphoric acid groups is 2. The van der Waals surface area contributed by atoms with Gasteiger partial charge in [-0.05, 0) is 37.5 Å². The molecule has 0 aromatic carbocycles. The van der Waals surface area contributed by atoms with Crippen molar-refractivity contribution in [3.05, 3.63) is 0 Å². The van der Waals surface area contributed by atoms with E-state index in [0.717, 1.165) is 102 Å². The molecule has 0 aliphatic carbocycles. The van der Waals surface area contributed by atoms with Crippen LogP contribution in [0.3, 0.4) is 0 Å². The molecule has 17 nitrogen and oxygen atoms in total. The monoisotopic (exact) mass is 1370 g/mol. The van der Waals surface area contributed by atoms with Gasteiger partial charge >= 0.3 is 39.5 Å². The topological polar surface area (TPSA) is 237 Å². The zero-order valence-electron chi connectivity index (χ0n) is 60.6. The molecule has 93 heavy (non-hydrogen) atoms. The summed E-state index contributed by atoms with van der Waals surface area (Å²) in [6, 6.07) is 0. The number of unbranched alkanes of at least 4 members (excludes halogenated alkanes) is 43. The van der Waals surface area contributed by atoms with Crippen molar-refractivity contribution in [2.24, 2.45) is 11.8 Å². The quantitative estimate of drug-likeness (QED) is 0.0222. The molecule has 0 saturated carbocycles. The lowest BCUT2D eigenvalue weighted by Crippen LogP contribution is -2.30. The summed E-state index contributed by atoms with van der Waals surface area (Å²) in [6.07, 6.45) is 53.0. The predicted octanol–water partition coefficient (Wildman–Crippen LogP) is 21.6. The first-order valence-electron chi connectivity index (χ1n) is 38.5. The van der Waals surface area contributed by atoms with Crippen LogP contribution >= 0.6 is 15.6 Å². The summed E-state index contributed by atoms with van der Waals surface area (Å²) in [5, 5.41) is 10.6. The van der Waals surface area contributed by atoms with E-state index in [-0.39, 0.29) is 25.7 Å². The SMILES string of the molecule is CCCCCCCCCCCCCCCCCCCCCCCC(=O)O[C@H](COC(=O)CCCCCCCCCCC(C)C)COP(=O)(O)OC[C@@H](O)COP(=O)(O)OC[C@@H](COC(=O)CCCCCCCCCC(C)C)OC(=O)CCCCCCCCCCCCC. The molecule has 2 unspecified atom stereocenters. The summed E-state index contributed by atoms with van der Waals surface area (Å²) < 4.78 is 68.4. The largest absolute Gasteiger partial charge is 0.472 e. The van der Waals surface area contributed by atoms with Crippen LogP contribution in [0.25, 0.3) is 0 Å². The number of aliphatic hydroxyl groups is 1. The Hall–Kier alpha value is -1.94. The molecule has 0 aromatic rings. The molecule has 0 bridgehead atoms. The Bertz CT molecular complexity index is 1800. The van der Waals surface area contributed by atoms with Gasteiger partial charge in [0, 0.05) is 25.7 Å². The van der Waals surface area contributed by atoms with Crippen molar-refractivity contribution >= 4 is 39.5 Å². The molecule has 552 valence electrons. The highest BCUT2D eigenvalue weighted by molar-refractivity contribution is 7.47. The van der Waals surface area contributed by atoms with E-state index in [0.29, 0.717) is 31.6 Å². The molecule has 3 N–H and O–H groups in total. The summed E-state index contributed by atoms with van der Waals surface area (Å²) in [4.78, 5) is 72.6. The van der Waals surface area contributed by atoms with Crippen molar-refractivity contribution in [2.45, 2.75) is 400 Å². The fourth-order valence-corrected chi connectivity index (χ4v) is 12.9. The van der Waals surface area contributed by atoms with Crippen LogP contribution in [0.15, 0.2) is 0 Å². The van der Waals surface area contributed by atoms with Gasteiger partial charge in [0.2, 0.25) is 0 Å². The lowest BCUT2D eigenvalue weighted by atomic mass is 10.0. The molecule has 0 aromatic heterocycles. The second-order valence-corrected chi connectivity index (χ2v) is 30.5. The van der Waals surface area contributed by atoms with E-state index in [1.807, 2.05) is 0 Å².